The van der Waals surface area contributed by atoms with Crippen molar-refractivity contribution in [2.75, 3.05) is 11.4 Å². The Kier molecular flexibility index (Phi) is 6.22. The van der Waals surface area contributed by atoms with Gasteiger partial charge in [-0.25, -0.2) is 0 Å². The molecule has 0 spiro atoms. The summed E-state index contributed by atoms with van der Waals surface area (Å²) in [6.45, 7) is 4.49. The first-order valence-corrected chi connectivity index (χ1v) is 9.74. The molecule has 1 aliphatic carbocycles. The summed E-state index contributed by atoms with van der Waals surface area (Å²) in [6, 6.07) is 11.3. The van der Waals surface area contributed by atoms with E-state index in [-0.39, 0.29) is 17.9 Å². The highest BCUT2D eigenvalue weighted by atomic mass is 16.2. The Hall–Kier alpha value is -2.69. The van der Waals surface area contributed by atoms with E-state index in [2.05, 4.69) is 10.3 Å². The Morgan fingerprint density at radius 3 is 2.63 bits per heavy atom. The van der Waals surface area contributed by atoms with Crippen LogP contribution in [0.15, 0.2) is 42.6 Å². The molecule has 142 valence electrons. The molecule has 1 aliphatic rings. The fourth-order valence-corrected chi connectivity index (χ4v) is 3.59. The summed E-state index contributed by atoms with van der Waals surface area (Å²) in [5.74, 6) is -0.327. The van der Waals surface area contributed by atoms with E-state index in [1.165, 1.54) is 12.6 Å². The molecule has 0 atom stereocenters. The van der Waals surface area contributed by atoms with Crippen LogP contribution in [0.1, 0.15) is 65.4 Å². The van der Waals surface area contributed by atoms with Crippen LogP contribution in [-0.2, 0) is 0 Å². The molecular weight excluding hydrogens is 338 g/mol. The van der Waals surface area contributed by atoms with Crippen molar-refractivity contribution >= 4 is 17.5 Å². The monoisotopic (exact) mass is 365 g/mol. The van der Waals surface area contributed by atoms with Crippen LogP contribution in [0.5, 0.6) is 0 Å². The summed E-state index contributed by atoms with van der Waals surface area (Å²) in [7, 11) is 0. The molecule has 1 fully saturated rings. The summed E-state index contributed by atoms with van der Waals surface area (Å²) >= 11 is 0. The molecule has 27 heavy (non-hydrogen) atoms. The third-order valence-corrected chi connectivity index (χ3v) is 5.05. The predicted octanol–water partition coefficient (Wildman–Crippen LogP) is 4.12. The minimum absolute atomic E-state index is 0.128. The van der Waals surface area contributed by atoms with E-state index in [0.717, 1.165) is 36.9 Å². The van der Waals surface area contributed by atoms with Crippen LogP contribution in [0, 0.1) is 6.92 Å². The van der Waals surface area contributed by atoms with Crippen molar-refractivity contribution in [1.82, 2.24) is 10.3 Å². The molecule has 5 nitrogen and oxygen atoms in total. The minimum atomic E-state index is -0.199. The van der Waals surface area contributed by atoms with E-state index < -0.39 is 0 Å². The van der Waals surface area contributed by atoms with Crippen LogP contribution in [-0.4, -0.2) is 29.4 Å². The van der Waals surface area contributed by atoms with Gasteiger partial charge in [-0.15, -0.1) is 0 Å². The highest BCUT2D eigenvalue weighted by Crippen LogP contribution is 2.20. The third kappa shape index (κ3) is 4.73. The second kappa shape index (κ2) is 8.80. The fourth-order valence-electron chi connectivity index (χ4n) is 3.59. The molecule has 2 amide bonds. The lowest BCUT2D eigenvalue weighted by Crippen LogP contribution is -2.37. The molecule has 0 unspecified atom stereocenters. The van der Waals surface area contributed by atoms with Gasteiger partial charge in [-0.2, -0.15) is 0 Å². The van der Waals surface area contributed by atoms with E-state index in [1.807, 2.05) is 38.1 Å². The Morgan fingerprint density at radius 2 is 1.93 bits per heavy atom. The van der Waals surface area contributed by atoms with Crippen molar-refractivity contribution in [2.24, 2.45) is 0 Å². The maximum atomic E-state index is 13.0. The third-order valence-electron chi connectivity index (χ3n) is 5.05. The molecular formula is C22H27N3O2. The van der Waals surface area contributed by atoms with E-state index in [9.17, 15) is 9.59 Å². The standard InChI is InChI=1S/C22H27N3O2/c1-3-25(19-11-7-8-16(2)14-19)22(27)17-12-13-23-20(15-17)21(26)24-18-9-5-4-6-10-18/h7-8,11-15,18H,3-6,9-10H2,1-2H3,(H,24,26). The molecule has 5 heteroatoms. The van der Waals surface area contributed by atoms with Crippen molar-refractivity contribution in [1.29, 1.82) is 0 Å². The van der Waals surface area contributed by atoms with Crippen molar-refractivity contribution in [2.45, 2.75) is 52.0 Å². The zero-order valence-corrected chi connectivity index (χ0v) is 16.1. The Balaban J connectivity index is 1.77. The van der Waals surface area contributed by atoms with Crippen LogP contribution >= 0.6 is 0 Å². The quantitative estimate of drug-likeness (QED) is 0.867. The molecule has 1 N–H and O–H groups in total. The van der Waals surface area contributed by atoms with Gasteiger partial charge < -0.3 is 10.2 Å². The van der Waals surface area contributed by atoms with Gasteiger partial charge in [0.2, 0.25) is 0 Å². The van der Waals surface area contributed by atoms with Crippen LogP contribution < -0.4 is 10.2 Å². The van der Waals surface area contributed by atoms with Crippen molar-refractivity contribution in [3.63, 3.8) is 0 Å². The summed E-state index contributed by atoms with van der Waals surface area (Å²) in [5, 5.41) is 3.06. The lowest BCUT2D eigenvalue weighted by molar-refractivity contribution is 0.0922. The van der Waals surface area contributed by atoms with Crippen molar-refractivity contribution < 1.29 is 9.59 Å². The Labute approximate surface area is 160 Å². The number of aryl methyl sites for hydroxylation is 1. The summed E-state index contributed by atoms with van der Waals surface area (Å²) in [5.41, 5.74) is 2.72. The molecule has 1 heterocycles. The van der Waals surface area contributed by atoms with Crippen LogP contribution in [0.4, 0.5) is 5.69 Å². The molecule has 0 radical (unpaired) electrons. The maximum Gasteiger partial charge on any atom is 0.270 e. The number of aromatic nitrogens is 1. The topological polar surface area (TPSA) is 62.3 Å². The number of carbonyl (C=O) groups is 2. The number of hydrogen-bond donors (Lipinski definition) is 1. The predicted molar refractivity (Wildman–Crippen MR) is 107 cm³/mol. The lowest BCUT2D eigenvalue weighted by Gasteiger charge is -2.23. The molecule has 0 bridgehead atoms. The van der Waals surface area contributed by atoms with Crippen molar-refractivity contribution in [3.05, 3.63) is 59.4 Å². The first-order valence-electron chi connectivity index (χ1n) is 9.74. The fraction of sp³-hybridized carbons (Fsp3) is 0.409. The van der Waals surface area contributed by atoms with E-state index in [0.29, 0.717) is 17.8 Å². The van der Waals surface area contributed by atoms with Gasteiger partial charge in [-0.1, -0.05) is 31.4 Å². The second-order valence-corrected chi connectivity index (χ2v) is 7.13. The van der Waals surface area contributed by atoms with Gasteiger partial charge in [-0.05, 0) is 56.5 Å². The Morgan fingerprint density at radius 1 is 1.15 bits per heavy atom. The smallest absolute Gasteiger partial charge is 0.270 e. The number of hydrogen-bond acceptors (Lipinski definition) is 3. The zero-order valence-electron chi connectivity index (χ0n) is 16.1. The van der Waals surface area contributed by atoms with Crippen LogP contribution in [0.2, 0.25) is 0 Å². The van der Waals surface area contributed by atoms with Gasteiger partial charge in [0.15, 0.2) is 0 Å². The SMILES string of the molecule is CCN(C(=O)c1ccnc(C(=O)NC2CCCCC2)c1)c1cccc(C)c1. The van der Waals surface area contributed by atoms with Gasteiger partial charge in [0.25, 0.3) is 11.8 Å². The van der Waals surface area contributed by atoms with Crippen LogP contribution in [0.3, 0.4) is 0 Å². The largest absolute Gasteiger partial charge is 0.348 e. The van der Waals surface area contributed by atoms with E-state index >= 15 is 0 Å². The van der Waals surface area contributed by atoms with Gasteiger partial charge in [-0.3, -0.25) is 14.6 Å². The van der Waals surface area contributed by atoms with E-state index in [1.54, 1.807) is 17.0 Å². The number of benzene rings is 1. The summed E-state index contributed by atoms with van der Waals surface area (Å²) < 4.78 is 0. The first kappa shape index (κ1) is 19.1. The van der Waals surface area contributed by atoms with Crippen molar-refractivity contribution in [3.8, 4) is 0 Å². The number of anilines is 1. The molecule has 0 aliphatic heterocycles. The molecule has 0 saturated heterocycles. The average molecular weight is 365 g/mol. The molecule has 2 aromatic rings. The normalized spacial score (nSPS) is 14.6. The minimum Gasteiger partial charge on any atom is -0.348 e. The number of amides is 2. The number of nitrogens with one attached hydrogen (secondary N) is 1. The van der Waals surface area contributed by atoms with Gasteiger partial charge in [0.05, 0.1) is 0 Å². The number of carbonyl (C=O) groups excluding carboxylic acids is 2. The van der Waals surface area contributed by atoms with Gasteiger partial charge in [0, 0.05) is 30.0 Å². The molecule has 1 saturated carbocycles. The number of nitrogens with zero attached hydrogens (tertiary/aromatic N) is 2. The molecule has 1 aromatic carbocycles. The van der Waals surface area contributed by atoms with E-state index in [4.69, 9.17) is 0 Å². The first-order chi connectivity index (χ1) is 13.1. The second-order valence-electron chi connectivity index (χ2n) is 7.13. The van der Waals surface area contributed by atoms with Crippen LogP contribution in [0.25, 0.3) is 0 Å². The highest BCUT2D eigenvalue weighted by molar-refractivity contribution is 6.07. The molecule has 3 rings (SSSR count). The zero-order chi connectivity index (χ0) is 19.2. The summed E-state index contributed by atoms with van der Waals surface area (Å²) in [4.78, 5) is 31.5. The van der Waals surface area contributed by atoms with Gasteiger partial charge >= 0.3 is 0 Å². The maximum absolute atomic E-state index is 13.0. The van der Waals surface area contributed by atoms with Gasteiger partial charge in [0.1, 0.15) is 5.69 Å². The molecule has 1 aromatic heterocycles. The Bertz CT molecular complexity index is 813. The number of pyridine rings is 1. The lowest BCUT2D eigenvalue weighted by atomic mass is 9.95. The summed E-state index contributed by atoms with van der Waals surface area (Å²) in [6.07, 6.45) is 7.11. The number of rotatable bonds is 5. The average Bonchev–Trinajstić information content (AvgIpc) is 2.69. The highest BCUT2D eigenvalue weighted by Gasteiger charge is 2.20.